The number of pyridine rings is 1. The average Bonchev–Trinajstić information content (AvgIpc) is 3.59. The lowest BCUT2D eigenvalue weighted by atomic mass is 9.90. The van der Waals surface area contributed by atoms with Crippen LogP contribution in [-0.2, 0) is 14.4 Å². The number of Topliss-reactive ketones (excluding diaryl/α,β-unsaturated/α-hetero) is 1. The van der Waals surface area contributed by atoms with E-state index in [-0.39, 0.29) is 18.8 Å². The van der Waals surface area contributed by atoms with Gasteiger partial charge in [0.05, 0.1) is 23.5 Å². The number of barbiturate groups is 1. The first kappa shape index (κ1) is 24.5. The summed E-state index contributed by atoms with van der Waals surface area (Å²) in [6.07, 6.45) is 2.89. The molecule has 4 amide bonds. The summed E-state index contributed by atoms with van der Waals surface area (Å²) in [6.45, 7) is 0.102. The largest absolute Gasteiger partial charge is 0.444 e. The quantitative estimate of drug-likeness (QED) is 0.363. The van der Waals surface area contributed by atoms with E-state index in [1.54, 1.807) is 66.9 Å². The van der Waals surface area contributed by atoms with Crippen molar-refractivity contribution in [1.82, 2.24) is 20.6 Å². The van der Waals surface area contributed by atoms with Crippen molar-refractivity contribution in [1.29, 1.82) is 5.26 Å². The van der Waals surface area contributed by atoms with Crippen molar-refractivity contribution in [3.8, 4) is 40.4 Å². The lowest BCUT2D eigenvalue weighted by Gasteiger charge is -2.37. The molecule has 0 atom stereocenters. The van der Waals surface area contributed by atoms with Gasteiger partial charge in [0.2, 0.25) is 11.8 Å². The number of hydrogen-bond acceptors (Lipinski definition) is 10. The third kappa shape index (κ3) is 4.02. The monoisotopic (exact) mass is 534 g/mol. The number of rotatable bonds is 5. The Morgan fingerprint density at radius 3 is 2.27 bits per heavy atom. The first-order valence-corrected chi connectivity index (χ1v) is 12.1. The van der Waals surface area contributed by atoms with Gasteiger partial charge in [-0.1, -0.05) is 12.1 Å². The number of oxazole rings is 1. The van der Waals surface area contributed by atoms with Gasteiger partial charge in [0.15, 0.2) is 5.78 Å². The minimum atomic E-state index is -2.16. The van der Waals surface area contributed by atoms with Crippen LogP contribution in [0.25, 0.3) is 22.7 Å². The Kier molecular flexibility index (Phi) is 5.81. The van der Waals surface area contributed by atoms with Gasteiger partial charge in [0, 0.05) is 30.2 Å². The van der Waals surface area contributed by atoms with Crippen molar-refractivity contribution in [2.24, 2.45) is 0 Å². The number of amides is 4. The van der Waals surface area contributed by atoms with Crippen molar-refractivity contribution < 1.29 is 28.3 Å². The molecule has 12 nitrogen and oxygen atoms in total. The summed E-state index contributed by atoms with van der Waals surface area (Å²) < 4.78 is 11.4. The molecular weight excluding hydrogens is 516 g/mol. The van der Waals surface area contributed by atoms with Crippen molar-refractivity contribution in [3.05, 3.63) is 78.7 Å². The van der Waals surface area contributed by atoms with Crippen LogP contribution in [0, 0.1) is 11.3 Å². The molecule has 1 spiro atoms. The normalized spacial score (nSPS) is 16.0. The maximum absolute atomic E-state index is 12.7. The Morgan fingerprint density at radius 1 is 0.925 bits per heavy atom. The molecule has 0 radical (unpaired) electrons. The zero-order valence-electron chi connectivity index (χ0n) is 20.6. The number of ether oxygens (including phenoxy) is 1. The minimum Gasteiger partial charge on any atom is -0.444 e. The molecule has 4 heterocycles. The highest BCUT2D eigenvalue weighted by Crippen LogP contribution is 2.34. The molecule has 2 aromatic heterocycles. The van der Waals surface area contributed by atoms with Gasteiger partial charge < -0.3 is 14.1 Å². The molecule has 2 N–H and O–H groups in total. The van der Waals surface area contributed by atoms with Crippen LogP contribution >= 0.6 is 0 Å². The number of hydrogen-bond donors (Lipinski definition) is 2. The zero-order chi connectivity index (χ0) is 27.9. The Morgan fingerprint density at radius 2 is 1.62 bits per heavy atom. The van der Waals surface area contributed by atoms with E-state index in [0.29, 0.717) is 28.6 Å². The van der Waals surface area contributed by atoms with E-state index in [0.717, 1.165) is 11.1 Å². The smallest absolute Gasteiger partial charge is 0.328 e. The fraction of sp³-hybridized carbons (Fsp3) is 0.107. The number of urea groups is 1. The fourth-order valence-corrected chi connectivity index (χ4v) is 4.69. The average molecular weight is 534 g/mol. The van der Waals surface area contributed by atoms with Crippen LogP contribution in [0.3, 0.4) is 0 Å². The van der Waals surface area contributed by atoms with Crippen LogP contribution in [0.5, 0.6) is 11.6 Å². The Balaban J connectivity index is 1.16. The topological polar surface area (TPSA) is 168 Å². The van der Waals surface area contributed by atoms with E-state index in [4.69, 9.17) is 14.4 Å². The van der Waals surface area contributed by atoms with Crippen LogP contribution in [0.2, 0.25) is 0 Å². The molecule has 0 aliphatic carbocycles. The van der Waals surface area contributed by atoms with E-state index in [1.165, 1.54) is 11.1 Å². The van der Waals surface area contributed by atoms with Gasteiger partial charge in [-0.05, 0) is 42.5 Å². The predicted octanol–water partition coefficient (Wildman–Crippen LogP) is 2.95. The van der Waals surface area contributed by atoms with E-state index in [2.05, 4.69) is 16.0 Å². The molecule has 2 aliphatic heterocycles. The van der Waals surface area contributed by atoms with Crippen LogP contribution in [0.15, 0.2) is 77.5 Å². The first-order chi connectivity index (χ1) is 19.4. The van der Waals surface area contributed by atoms with Crippen molar-refractivity contribution in [3.63, 3.8) is 0 Å². The van der Waals surface area contributed by atoms with Crippen molar-refractivity contribution in [2.75, 3.05) is 11.4 Å². The van der Waals surface area contributed by atoms with Gasteiger partial charge in [0.1, 0.15) is 17.7 Å². The van der Waals surface area contributed by atoms with E-state index in [1.807, 2.05) is 10.6 Å². The third-order valence-corrected chi connectivity index (χ3v) is 6.65. The summed E-state index contributed by atoms with van der Waals surface area (Å²) in [5.41, 5.74) is 0.931. The van der Waals surface area contributed by atoms with Gasteiger partial charge >= 0.3 is 6.03 Å². The van der Waals surface area contributed by atoms with Crippen LogP contribution in [0.1, 0.15) is 12.0 Å². The first-order valence-electron chi connectivity index (χ1n) is 12.1. The lowest BCUT2D eigenvalue weighted by molar-refractivity contribution is -0.142. The number of carbonyl (C=O) groups is 4. The molecule has 196 valence electrons. The van der Waals surface area contributed by atoms with E-state index >= 15 is 0 Å². The van der Waals surface area contributed by atoms with Crippen LogP contribution in [-0.4, -0.2) is 45.7 Å². The lowest BCUT2D eigenvalue weighted by Crippen LogP contribution is -2.74. The highest BCUT2D eigenvalue weighted by molar-refractivity contribution is 6.38. The summed E-state index contributed by atoms with van der Waals surface area (Å²) in [4.78, 5) is 59.6. The molecule has 0 unspecified atom stereocenters. The summed E-state index contributed by atoms with van der Waals surface area (Å²) in [6, 6.07) is 18.3. The molecule has 0 bridgehead atoms. The van der Waals surface area contributed by atoms with Gasteiger partial charge in [-0.3, -0.25) is 25.0 Å². The van der Waals surface area contributed by atoms with Crippen molar-refractivity contribution >= 4 is 29.3 Å². The summed E-state index contributed by atoms with van der Waals surface area (Å²) in [5.74, 6) is -1.44. The molecular formula is C28H18N6O6. The van der Waals surface area contributed by atoms with Crippen molar-refractivity contribution in [2.45, 2.75) is 12.0 Å². The molecule has 6 rings (SSSR count). The highest BCUT2D eigenvalue weighted by atomic mass is 16.5. The van der Waals surface area contributed by atoms with E-state index < -0.39 is 29.2 Å². The molecule has 2 aliphatic rings. The number of anilines is 1. The predicted molar refractivity (Wildman–Crippen MR) is 138 cm³/mol. The Hall–Kier alpha value is -5.83. The molecule has 2 fully saturated rings. The third-order valence-electron chi connectivity index (χ3n) is 6.65. The minimum absolute atomic E-state index is 0.0425. The van der Waals surface area contributed by atoms with Gasteiger partial charge in [-0.25, -0.2) is 14.8 Å². The number of imide groups is 2. The summed E-state index contributed by atoms with van der Waals surface area (Å²) >= 11 is 0. The molecule has 2 aromatic carbocycles. The fourth-order valence-electron chi connectivity index (χ4n) is 4.69. The zero-order valence-corrected chi connectivity index (χ0v) is 20.6. The molecule has 4 aromatic rings. The summed E-state index contributed by atoms with van der Waals surface area (Å²) in [7, 11) is 0. The number of ketones is 1. The van der Waals surface area contributed by atoms with E-state index in [9.17, 15) is 19.2 Å². The molecule has 40 heavy (non-hydrogen) atoms. The highest BCUT2D eigenvalue weighted by Gasteiger charge is 2.63. The second-order valence-corrected chi connectivity index (χ2v) is 8.98. The standard InChI is InChI=1S/C28H18N6O6/c29-13-16-1-3-17(4-2-16)21-15-39-24(31-21)18-5-8-20(9-6-18)40-23-10-7-19(14-30-23)34-12-11-22(35)28(34)25(36)32-27(38)33-26(28)37/h1-10,14-15H,11-12H2,(H2,32,33,36,37,38). The number of carbonyl (C=O) groups excluding carboxylic acids is 4. The maximum atomic E-state index is 12.7. The second kappa shape index (κ2) is 9.48. The molecule has 2 saturated heterocycles. The SMILES string of the molecule is N#Cc1ccc(-c2coc(-c3ccc(Oc4ccc(N5CCC(=O)C56C(=O)NC(=O)NC6=O)cn4)cc3)n2)cc1. The second-order valence-electron chi connectivity index (χ2n) is 8.98. The number of nitrogens with zero attached hydrogens (tertiary/aromatic N) is 4. The maximum Gasteiger partial charge on any atom is 0.328 e. The van der Waals surface area contributed by atoms with Gasteiger partial charge in [-0.15, -0.1) is 0 Å². The van der Waals surface area contributed by atoms with Crippen LogP contribution in [0.4, 0.5) is 10.5 Å². The molecule has 0 saturated carbocycles. The molecule has 12 heteroatoms. The van der Waals surface area contributed by atoms with Crippen LogP contribution < -0.4 is 20.3 Å². The number of nitriles is 1. The number of nitrogens with one attached hydrogen (secondary N) is 2. The van der Waals surface area contributed by atoms with Gasteiger partial charge in [-0.2, -0.15) is 5.26 Å². The Bertz CT molecular complexity index is 1680. The summed E-state index contributed by atoms with van der Waals surface area (Å²) in [5, 5.41) is 13.0. The number of benzene rings is 2. The van der Waals surface area contributed by atoms with Gasteiger partial charge in [0.25, 0.3) is 17.4 Å². The Labute approximate surface area is 226 Å². The number of aromatic nitrogens is 2.